The van der Waals surface area contributed by atoms with Gasteiger partial charge in [-0.25, -0.2) is 10.1 Å². The number of aromatic nitrogens is 3. The molecule has 0 saturated heterocycles. The van der Waals surface area contributed by atoms with Crippen molar-refractivity contribution in [1.82, 2.24) is 15.1 Å². The minimum absolute atomic E-state index is 0.238. The molecule has 6 heteroatoms. The van der Waals surface area contributed by atoms with Crippen LogP contribution >= 0.6 is 23.6 Å². The maximum Gasteiger partial charge on any atom is 0.314 e. The molecule has 0 saturated carbocycles. The van der Waals surface area contributed by atoms with E-state index in [2.05, 4.69) is 15.1 Å². The van der Waals surface area contributed by atoms with Crippen molar-refractivity contribution in [3.05, 3.63) is 26.7 Å². The third-order valence-corrected chi connectivity index (χ3v) is 2.49. The molecule has 1 N–H and O–H groups in total. The Labute approximate surface area is 83.6 Å². The lowest BCUT2D eigenvalue weighted by Crippen LogP contribution is -1.90. The van der Waals surface area contributed by atoms with E-state index < -0.39 is 0 Å². The van der Waals surface area contributed by atoms with Crippen molar-refractivity contribution in [3.63, 3.8) is 0 Å². The molecule has 0 spiro atoms. The number of nitrogens with one attached hydrogen (secondary N) is 1. The summed E-state index contributed by atoms with van der Waals surface area (Å²) in [5, 5.41) is 5.69. The molecule has 0 unspecified atom stereocenters. The number of rotatable bonds is 2. The third kappa shape index (κ3) is 2.02. The van der Waals surface area contributed by atoms with Gasteiger partial charge in [0.05, 0.1) is 17.1 Å². The van der Waals surface area contributed by atoms with Crippen LogP contribution in [0, 0.1) is 11.8 Å². The predicted octanol–water partition coefficient (Wildman–Crippen LogP) is 2.09. The van der Waals surface area contributed by atoms with Gasteiger partial charge in [0.25, 0.3) is 0 Å². The van der Waals surface area contributed by atoms with Crippen LogP contribution in [0.1, 0.15) is 16.5 Å². The summed E-state index contributed by atoms with van der Waals surface area (Å²) >= 11 is 6.35. The van der Waals surface area contributed by atoms with Gasteiger partial charge in [0, 0.05) is 5.38 Å². The van der Waals surface area contributed by atoms with Gasteiger partial charge < -0.3 is 4.52 Å². The summed E-state index contributed by atoms with van der Waals surface area (Å²) in [6.07, 6.45) is 0.643. The van der Waals surface area contributed by atoms with E-state index in [1.807, 2.05) is 12.3 Å². The molecule has 2 aromatic heterocycles. The zero-order chi connectivity index (χ0) is 9.26. The molecular formula is C7H7N3OS2. The number of thiazole rings is 1. The van der Waals surface area contributed by atoms with E-state index >= 15 is 0 Å². The highest BCUT2D eigenvalue weighted by atomic mass is 32.1. The van der Waals surface area contributed by atoms with Crippen LogP contribution in [0.4, 0.5) is 0 Å². The minimum Gasteiger partial charge on any atom is -0.348 e. The van der Waals surface area contributed by atoms with Gasteiger partial charge in [0.1, 0.15) is 5.82 Å². The summed E-state index contributed by atoms with van der Waals surface area (Å²) in [4.78, 5) is 8.51. The average molecular weight is 213 g/mol. The van der Waals surface area contributed by atoms with Gasteiger partial charge in [-0.05, 0) is 19.1 Å². The Morgan fingerprint density at radius 2 is 2.46 bits per heavy atom. The summed E-state index contributed by atoms with van der Waals surface area (Å²) in [7, 11) is 0. The van der Waals surface area contributed by atoms with Crippen molar-refractivity contribution in [2.24, 2.45) is 0 Å². The Hall–Kier alpha value is -1.01. The summed E-state index contributed by atoms with van der Waals surface area (Å²) in [5.41, 5.74) is 0.988. The highest BCUT2D eigenvalue weighted by Crippen LogP contribution is 2.10. The SMILES string of the molecule is Cc1nc(Cc2nc(=S)o[nH]2)cs1. The lowest BCUT2D eigenvalue weighted by Gasteiger charge is -1.87. The van der Waals surface area contributed by atoms with Crippen LogP contribution < -0.4 is 0 Å². The van der Waals surface area contributed by atoms with E-state index in [0.29, 0.717) is 6.42 Å². The van der Waals surface area contributed by atoms with Gasteiger partial charge in [-0.15, -0.1) is 11.3 Å². The molecule has 68 valence electrons. The molecule has 2 rings (SSSR count). The highest BCUT2D eigenvalue weighted by molar-refractivity contribution is 7.71. The Bertz CT molecular complexity index is 456. The van der Waals surface area contributed by atoms with Gasteiger partial charge in [0.2, 0.25) is 0 Å². The zero-order valence-corrected chi connectivity index (χ0v) is 8.54. The van der Waals surface area contributed by atoms with Gasteiger partial charge in [-0.1, -0.05) is 0 Å². The van der Waals surface area contributed by atoms with E-state index in [4.69, 9.17) is 16.7 Å². The summed E-state index contributed by atoms with van der Waals surface area (Å²) in [5.74, 6) is 0.718. The van der Waals surface area contributed by atoms with E-state index in [1.165, 1.54) is 0 Å². The van der Waals surface area contributed by atoms with Crippen LogP contribution in [0.2, 0.25) is 0 Å². The standard InChI is InChI=1S/C7H7N3OS2/c1-4-8-5(3-13-4)2-6-9-7(12)11-10-6/h3H,2H2,1H3,(H,9,10,12). The van der Waals surface area contributed by atoms with E-state index in [1.54, 1.807) is 11.3 Å². The maximum atomic E-state index is 4.80. The molecule has 2 aromatic rings. The van der Waals surface area contributed by atoms with Crippen molar-refractivity contribution in [1.29, 1.82) is 0 Å². The molecule has 0 aliphatic heterocycles. The lowest BCUT2D eigenvalue weighted by atomic mass is 10.3. The Morgan fingerprint density at radius 1 is 1.62 bits per heavy atom. The molecule has 0 aliphatic carbocycles. The molecule has 0 aromatic carbocycles. The third-order valence-electron chi connectivity index (χ3n) is 1.50. The molecule has 13 heavy (non-hydrogen) atoms. The topological polar surface area (TPSA) is 54.7 Å². The Kier molecular flexibility index (Phi) is 2.24. The number of hydrogen-bond acceptors (Lipinski definition) is 5. The van der Waals surface area contributed by atoms with Crippen molar-refractivity contribution < 1.29 is 4.52 Å². The average Bonchev–Trinajstić information content (AvgIpc) is 2.62. The smallest absolute Gasteiger partial charge is 0.314 e. The van der Waals surface area contributed by atoms with E-state index in [9.17, 15) is 0 Å². The summed E-state index contributed by atoms with van der Waals surface area (Å²) < 4.78 is 4.80. The fourth-order valence-electron chi connectivity index (χ4n) is 0.995. The van der Waals surface area contributed by atoms with E-state index in [0.717, 1.165) is 16.5 Å². The minimum atomic E-state index is 0.238. The van der Waals surface area contributed by atoms with Gasteiger partial charge >= 0.3 is 4.84 Å². The maximum absolute atomic E-state index is 4.80. The number of hydrogen-bond donors (Lipinski definition) is 1. The molecule has 0 fully saturated rings. The normalized spacial score (nSPS) is 10.5. The summed E-state index contributed by atoms with van der Waals surface area (Å²) in [6.45, 7) is 1.97. The highest BCUT2D eigenvalue weighted by Gasteiger charge is 2.03. The van der Waals surface area contributed by atoms with Gasteiger partial charge in [0.15, 0.2) is 0 Å². The second-order valence-corrected chi connectivity index (χ2v) is 3.97. The largest absolute Gasteiger partial charge is 0.348 e. The van der Waals surface area contributed by atoms with Gasteiger partial charge in [-0.2, -0.15) is 4.98 Å². The lowest BCUT2D eigenvalue weighted by molar-refractivity contribution is 0.399. The van der Waals surface area contributed by atoms with Crippen molar-refractivity contribution in [2.75, 3.05) is 0 Å². The number of nitrogens with zero attached hydrogens (tertiary/aromatic N) is 2. The fraction of sp³-hybridized carbons (Fsp3) is 0.286. The van der Waals surface area contributed by atoms with Crippen LogP contribution in [0.15, 0.2) is 9.90 Å². The molecule has 0 bridgehead atoms. The second-order valence-electron chi connectivity index (χ2n) is 2.56. The predicted molar refractivity (Wildman–Crippen MR) is 51.3 cm³/mol. The molecular weight excluding hydrogens is 206 g/mol. The summed E-state index contributed by atoms with van der Waals surface area (Å²) in [6, 6.07) is 0. The second kappa shape index (κ2) is 3.39. The molecule has 0 radical (unpaired) electrons. The molecule has 0 aliphatic rings. The molecule has 4 nitrogen and oxygen atoms in total. The van der Waals surface area contributed by atoms with Crippen molar-refractivity contribution in [2.45, 2.75) is 13.3 Å². The Morgan fingerprint density at radius 3 is 3.00 bits per heavy atom. The molecule has 0 atom stereocenters. The van der Waals surface area contributed by atoms with Crippen molar-refractivity contribution >= 4 is 23.6 Å². The molecule has 0 amide bonds. The van der Waals surface area contributed by atoms with Crippen LogP contribution in [0.5, 0.6) is 0 Å². The van der Waals surface area contributed by atoms with Crippen LogP contribution in [0.3, 0.4) is 0 Å². The number of H-pyrrole nitrogens is 1. The first kappa shape index (κ1) is 8.58. The fourth-order valence-corrected chi connectivity index (χ4v) is 1.76. The molecule has 2 heterocycles. The van der Waals surface area contributed by atoms with Crippen LogP contribution in [-0.4, -0.2) is 15.1 Å². The van der Waals surface area contributed by atoms with Crippen LogP contribution in [-0.2, 0) is 6.42 Å². The van der Waals surface area contributed by atoms with Crippen molar-refractivity contribution in [3.8, 4) is 0 Å². The first-order chi connectivity index (χ1) is 6.24. The number of aryl methyl sites for hydroxylation is 1. The number of aromatic amines is 1. The van der Waals surface area contributed by atoms with Crippen LogP contribution in [0.25, 0.3) is 0 Å². The monoisotopic (exact) mass is 213 g/mol. The first-order valence-corrected chi connectivity index (χ1v) is 4.98. The van der Waals surface area contributed by atoms with E-state index in [-0.39, 0.29) is 4.84 Å². The quantitative estimate of drug-likeness (QED) is 0.776. The first-order valence-electron chi connectivity index (χ1n) is 3.69. The zero-order valence-electron chi connectivity index (χ0n) is 6.90. The van der Waals surface area contributed by atoms with Gasteiger partial charge in [-0.3, -0.25) is 0 Å². The Balaban J connectivity index is 2.19.